The Morgan fingerprint density at radius 2 is 1.46 bits per heavy atom. The first kappa shape index (κ1) is 12.0. The molecule has 0 heterocycles. The van der Waals surface area contributed by atoms with Gasteiger partial charge in [-0.25, -0.2) is 0 Å². The number of nitrogens with zero attached hydrogens (tertiary/aromatic N) is 2. The van der Waals surface area contributed by atoms with E-state index in [1.54, 1.807) is 6.92 Å². The summed E-state index contributed by atoms with van der Waals surface area (Å²) in [6.07, 6.45) is 0.893. The summed E-state index contributed by atoms with van der Waals surface area (Å²) in [5.41, 5.74) is -0.665. The molecule has 2 heteroatoms. The van der Waals surface area contributed by atoms with Gasteiger partial charge in [-0.2, -0.15) is 10.5 Å². The van der Waals surface area contributed by atoms with Crippen LogP contribution in [0.25, 0.3) is 0 Å². The fourth-order valence-corrected chi connectivity index (χ4v) is 1.37. The van der Waals surface area contributed by atoms with E-state index >= 15 is 0 Å². The summed E-state index contributed by atoms with van der Waals surface area (Å²) < 4.78 is 0. The zero-order chi connectivity index (χ0) is 10.7. The monoisotopic (exact) mass is 178 g/mol. The largest absolute Gasteiger partial charge is 0.197 e. The Morgan fingerprint density at radius 1 is 1.08 bits per heavy atom. The number of rotatable bonds is 2. The minimum Gasteiger partial charge on any atom is -0.197 e. The summed E-state index contributed by atoms with van der Waals surface area (Å²) in [4.78, 5) is 0. The fraction of sp³-hybridized carbons (Fsp3) is 0.818. The van der Waals surface area contributed by atoms with Gasteiger partial charge in [-0.3, -0.25) is 0 Å². The fourth-order valence-electron chi connectivity index (χ4n) is 1.37. The van der Waals surface area contributed by atoms with Gasteiger partial charge in [0.25, 0.3) is 0 Å². The molecule has 0 aromatic carbocycles. The predicted molar refractivity (Wildman–Crippen MR) is 52.6 cm³/mol. The Bertz CT molecular complexity index is 233. The second kappa shape index (κ2) is 3.79. The van der Waals surface area contributed by atoms with E-state index in [0.717, 1.165) is 6.42 Å². The molecular weight excluding hydrogens is 160 g/mol. The quantitative estimate of drug-likeness (QED) is 0.652. The predicted octanol–water partition coefficient (Wildman–Crippen LogP) is 3.11. The van der Waals surface area contributed by atoms with Gasteiger partial charge in [-0.05, 0) is 24.7 Å². The van der Waals surface area contributed by atoms with Crippen molar-refractivity contribution in [2.75, 3.05) is 0 Å². The van der Waals surface area contributed by atoms with E-state index in [1.165, 1.54) is 0 Å². The van der Waals surface area contributed by atoms with Crippen molar-refractivity contribution in [1.82, 2.24) is 0 Å². The van der Waals surface area contributed by atoms with E-state index in [1.807, 2.05) is 6.92 Å². The number of hydrogen-bond acceptors (Lipinski definition) is 2. The Balaban J connectivity index is 4.55. The SMILES string of the molecule is CC(CC(C)(C)C)C(C)(C#N)C#N. The first-order chi connectivity index (χ1) is 5.75. The molecule has 0 aromatic rings. The molecular formula is C11H18N2. The Morgan fingerprint density at radius 3 is 1.69 bits per heavy atom. The van der Waals surface area contributed by atoms with Gasteiger partial charge in [0.2, 0.25) is 0 Å². The van der Waals surface area contributed by atoms with E-state index in [2.05, 4.69) is 32.9 Å². The molecule has 0 fully saturated rings. The molecule has 0 rings (SSSR count). The van der Waals surface area contributed by atoms with Gasteiger partial charge in [-0.1, -0.05) is 27.7 Å². The van der Waals surface area contributed by atoms with Crippen LogP contribution in [0.2, 0.25) is 0 Å². The second-order valence-corrected chi connectivity index (χ2v) is 5.09. The van der Waals surface area contributed by atoms with E-state index in [9.17, 15) is 0 Å². The average molecular weight is 178 g/mol. The van der Waals surface area contributed by atoms with Crippen LogP contribution in [0.4, 0.5) is 0 Å². The van der Waals surface area contributed by atoms with Crippen molar-refractivity contribution in [2.45, 2.75) is 41.0 Å². The second-order valence-electron chi connectivity index (χ2n) is 5.09. The lowest BCUT2D eigenvalue weighted by molar-refractivity contribution is 0.240. The molecule has 0 spiro atoms. The molecule has 0 aliphatic heterocycles. The zero-order valence-electron chi connectivity index (χ0n) is 9.18. The third-order valence-electron chi connectivity index (χ3n) is 2.37. The van der Waals surface area contributed by atoms with Crippen LogP contribution in [0, 0.1) is 39.4 Å². The van der Waals surface area contributed by atoms with Crippen LogP contribution in [-0.4, -0.2) is 0 Å². The maximum absolute atomic E-state index is 8.88. The van der Waals surface area contributed by atoms with Gasteiger partial charge in [0.05, 0.1) is 12.1 Å². The lowest BCUT2D eigenvalue weighted by Gasteiger charge is -2.28. The molecule has 0 saturated carbocycles. The van der Waals surface area contributed by atoms with Crippen molar-refractivity contribution in [3.8, 4) is 12.1 Å². The highest BCUT2D eigenvalue weighted by molar-refractivity contribution is 5.13. The van der Waals surface area contributed by atoms with Crippen molar-refractivity contribution in [1.29, 1.82) is 10.5 Å². The topological polar surface area (TPSA) is 47.6 Å². The lowest BCUT2D eigenvalue weighted by atomic mass is 9.72. The minimum atomic E-state index is -0.840. The van der Waals surface area contributed by atoms with Crippen molar-refractivity contribution in [2.24, 2.45) is 16.7 Å². The summed E-state index contributed by atoms with van der Waals surface area (Å²) in [5.74, 6) is 0.113. The molecule has 0 amide bonds. The maximum Gasteiger partial charge on any atom is 0.143 e. The molecule has 1 atom stereocenters. The molecule has 0 aromatic heterocycles. The van der Waals surface area contributed by atoms with Crippen LogP contribution >= 0.6 is 0 Å². The van der Waals surface area contributed by atoms with Gasteiger partial charge < -0.3 is 0 Å². The summed E-state index contributed by atoms with van der Waals surface area (Å²) in [7, 11) is 0. The average Bonchev–Trinajstić information content (AvgIpc) is 2.00. The van der Waals surface area contributed by atoms with Gasteiger partial charge in [0, 0.05) is 0 Å². The molecule has 0 aliphatic rings. The Labute approximate surface area is 81.2 Å². The van der Waals surface area contributed by atoms with E-state index < -0.39 is 5.41 Å². The minimum absolute atomic E-state index is 0.113. The number of hydrogen-bond donors (Lipinski definition) is 0. The first-order valence-corrected chi connectivity index (χ1v) is 4.58. The molecule has 72 valence electrons. The first-order valence-electron chi connectivity index (χ1n) is 4.58. The van der Waals surface area contributed by atoms with Gasteiger partial charge in [0.1, 0.15) is 5.41 Å². The normalized spacial score (nSPS) is 14.4. The molecule has 0 saturated heterocycles. The highest BCUT2D eigenvalue weighted by atomic mass is 14.4. The molecule has 1 unspecified atom stereocenters. The van der Waals surface area contributed by atoms with E-state index in [0.29, 0.717) is 0 Å². The van der Waals surface area contributed by atoms with Crippen molar-refractivity contribution in [3.63, 3.8) is 0 Å². The molecule has 13 heavy (non-hydrogen) atoms. The lowest BCUT2D eigenvalue weighted by Crippen LogP contribution is -2.25. The van der Waals surface area contributed by atoms with Crippen LogP contribution in [0.1, 0.15) is 41.0 Å². The number of nitriles is 2. The van der Waals surface area contributed by atoms with Crippen molar-refractivity contribution < 1.29 is 0 Å². The molecule has 0 radical (unpaired) electrons. The summed E-state index contributed by atoms with van der Waals surface area (Å²) in [6.45, 7) is 10.1. The van der Waals surface area contributed by atoms with Gasteiger partial charge >= 0.3 is 0 Å². The third-order valence-corrected chi connectivity index (χ3v) is 2.37. The van der Waals surface area contributed by atoms with Crippen LogP contribution < -0.4 is 0 Å². The van der Waals surface area contributed by atoms with Crippen LogP contribution in [-0.2, 0) is 0 Å². The van der Waals surface area contributed by atoms with Crippen LogP contribution in [0.3, 0.4) is 0 Å². The third kappa shape index (κ3) is 3.47. The molecule has 0 aliphatic carbocycles. The smallest absolute Gasteiger partial charge is 0.143 e. The molecule has 0 bridgehead atoms. The molecule has 2 nitrogen and oxygen atoms in total. The summed E-state index contributed by atoms with van der Waals surface area (Å²) in [6, 6.07) is 4.18. The Kier molecular flexibility index (Phi) is 3.50. The van der Waals surface area contributed by atoms with Gasteiger partial charge in [-0.15, -0.1) is 0 Å². The summed E-state index contributed by atoms with van der Waals surface area (Å²) >= 11 is 0. The van der Waals surface area contributed by atoms with Crippen molar-refractivity contribution >= 4 is 0 Å². The van der Waals surface area contributed by atoms with Crippen molar-refractivity contribution in [3.05, 3.63) is 0 Å². The zero-order valence-corrected chi connectivity index (χ0v) is 9.18. The molecule has 0 N–H and O–H groups in total. The Hall–Kier alpha value is -1.02. The van der Waals surface area contributed by atoms with Crippen LogP contribution in [0.15, 0.2) is 0 Å². The highest BCUT2D eigenvalue weighted by Gasteiger charge is 2.33. The summed E-state index contributed by atoms with van der Waals surface area (Å²) in [5, 5.41) is 17.8. The van der Waals surface area contributed by atoms with E-state index in [4.69, 9.17) is 10.5 Å². The van der Waals surface area contributed by atoms with Crippen LogP contribution in [0.5, 0.6) is 0 Å². The standard InChI is InChI=1S/C11H18N2/c1-9(6-10(2,3)4)11(5,7-12)8-13/h9H,6H2,1-5H3. The highest BCUT2D eigenvalue weighted by Crippen LogP contribution is 2.35. The van der Waals surface area contributed by atoms with Gasteiger partial charge in [0.15, 0.2) is 0 Å². The van der Waals surface area contributed by atoms with E-state index in [-0.39, 0.29) is 11.3 Å². The maximum atomic E-state index is 8.88.